The number of aromatic carboxylic acids is 1. The van der Waals surface area contributed by atoms with Crippen LogP contribution in [0.5, 0.6) is 0 Å². The smallest absolute Gasteiger partial charge is 0.356 e. The summed E-state index contributed by atoms with van der Waals surface area (Å²) in [5.74, 6) is 0.0588. The van der Waals surface area contributed by atoms with Crippen LogP contribution in [-0.4, -0.2) is 46.1 Å². The highest BCUT2D eigenvalue weighted by Gasteiger charge is 2.34. The quantitative estimate of drug-likeness (QED) is 0.805. The molecule has 2 aliphatic rings. The molecule has 7 nitrogen and oxygen atoms in total. The van der Waals surface area contributed by atoms with Crippen LogP contribution in [0.2, 0.25) is 0 Å². The van der Waals surface area contributed by atoms with Crippen LogP contribution in [0.1, 0.15) is 29.8 Å². The van der Waals surface area contributed by atoms with E-state index in [2.05, 4.69) is 20.2 Å². The molecule has 0 aliphatic carbocycles. The minimum atomic E-state index is -1.07. The second-order valence-electron chi connectivity index (χ2n) is 5.28. The molecule has 0 aromatic carbocycles. The SMILES string of the molecule is O=C1CCC2CN(c3cncc(C(=O)O)n3)CCC2N1. The molecule has 2 saturated heterocycles. The molecule has 2 N–H and O–H groups in total. The highest BCUT2D eigenvalue weighted by atomic mass is 16.4. The van der Waals surface area contributed by atoms with Crippen LogP contribution in [0.15, 0.2) is 12.4 Å². The van der Waals surface area contributed by atoms with Gasteiger partial charge in [-0.15, -0.1) is 0 Å². The number of amides is 1. The molecule has 7 heteroatoms. The van der Waals surface area contributed by atoms with E-state index in [1.165, 1.54) is 6.20 Å². The molecule has 0 bridgehead atoms. The molecule has 0 spiro atoms. The van der Waals surface area contributed by atoms with Crippen LogP contribution in [-0.2, 0) is 4.79 Å². The van der Waals surface area contributed by atoms with Crippen molar-refractivity contribution in [1.29, 1.82) is 0 Å². The highest BCUT2D eigenvalue weighted by Crippen LogP contribution is 2.27. The summed E-state index contributed by atoms with van der Waals surface area (Å²) in [6.07, 6.45) is 5.14. The van der Waals surface area contributed by atoms with Gasteiger partial charge >= 0.3 is 5.97 Å². The third-order valence-corrected chi connectivity index (χ3v) is 3.99. The maximum Gasteiger partial charge on any atom is 0.356 e. The van der Waals surface area contributed by atoms with E-state index in [1.807, 2.05) is 0 Å². The molecule has 1 amide bonds. The predicted octanol–water partition coefficient (Wildman–Crippen LogP) is 0.280. The molecule has 3 heterocycles. The van der Waals surface area contributed by atoms with E-state index in [4.69, 9.17) is 5.11 Å². The molecule has 106 valence electrons. The number of nitrogens with one attached hydrogen (secondary N) is 1. The average molecular weight is 276 g/mol. The van der Waals surface area contributed by atoms with Crippen molar-refractivity contribution in [2.75, 3.05) is 18.0 Å². The Balaban J connectivity index is 1.74. The Bertz CT molecular complexity index is 548. The van der Waals surface area contributed by atoms with E-state index in [0.29, 0.717) is 18.2 Å². The molecule has 2 fully saturated rings. The van der Waals surface area contributed by atoms with Gasteiger partial charge in [0.15, 0.2) is 5.69 Å². The molecule has 1 aromatic heterocycles. The third kappa shape index (κ3) is 2.43. The monoisotopic (exact) mass is 276 g/mol. The zero-order valence-electron chi connectivity index (χ0n) is 11.0. The first-order chi connectivity index (χ1) is 9.63. The Labute approximate surface area is 116 Å². The van der Waals surface area contributed by atoms with Crippen molar-refractivity contribution in [3.8, 4) is 0 Å². The van der Waals surface area contributed by atoms with Crippen molar-refractivity contribution in [1.82, 2.24) is 15.3 Å². The number of carbonyl (C=O) groups is 2. The lowest BCUT2D eigenvalue weighted by molar-refractivity contribution is -0.124. The van der Waals surface area contributed by atoms with Crippen molar-refractivity contribution < 1.29 is 14.7 Å². The van der Waals surface area contributed by atoms with Gasteiger partial charge < -0.3 is 15.3 Å². The lowest BCUT2D eigenvalue weighted by Crippen LogP contribution is -2.54. The average Bonchev–Trinajstić information content (AvgIpc) is 2.47. The Kier molecular flexibility index (Phi) is 3.25. The Morgan fingerprint density at radius 2 is 2.25 bits per heavy atom. The number of nitrogens with zero attached hydrogens (tertiary/aromatic N) is 3. The highest BCUT2D eigenvalue weighted by molar-refractivity contribution is 5.85. The summed E-state index contributed by atoms with van der Waals surface area (Å²) in [5.41, 5.74) is -0.0402. The fourth-order valence-corrected chi connectivity index (χ4v) is 2.93. The molecule has 2 atom stereocenters. The summed E-state index contributed by atoms with van der Waals surface area (Å²) < 4.78 is 0. The molecular weight excluding hydrogens is 260 g/mol. The lowest BCUT2D eigenvalue weighted by atomic mass is 9.85. The summed E-state index contributed by atoms with van der Waals surface area (Å²) in [5, 5.41) is 12.0. The minimum absolute atomic E-state index is 0.0402. The number of carboxylic acids is 1. The zero-order valence-corrected chi connectivity index (χ0v) is 11.0. The summed E-state index contributed by atoms with van der Waals surface area (Å²) in [6.45, 7) is 1.53. The van der Waals surface area contributed by atoms with Gasteiger partial charge in [0.2, 0.25) is 5.91 Å². The fourth-order valence-electron chi connectivity index (χ4n) is 2.93. The lowest BCUT2D eigenvalue weighted by Gasteiger charge is -2.41. The van der Waals surface area contributed by atoms with Gasteiger partial charge in [-0.25, -0.2) is 9.78 Å². The molecule has 3 rings (SSSR count). The summed E-state index contributed by atoms with van der Waals surface area (Å²) in [4.78, 5) is 32.4. The second kappa shape index (κ2) is 5.07. The van der Waals surface area contributed by atoms with Gasteiger partial charge in [-0.05, 0) is 18.8 Å². The zero-order chi connectivity index (χ0) is 14.1. The van der Waals surface area contributed by atoms with E-state index in [9.17, 15) is 9.59 Å². The van der Waals surface area contributed by atoms with Crippen LogP contribution in [0, 0.1) is 5.92 Å². The Morgan fingerprint density at radius 1 is 1.40 bits per heavy atom. The number of piperidine rings is 2. The van der Waals surface area contributed by atoms with E-state index in [0.717, 1.165) is 25.9 Å². The summed E-state index contributed by atoms with van der Waals surface area (Å²) in [7, 11) is 0. The van der Waals surface area contributed by atoms with Gasteiger partial charge in [0.25, 0.3) is 0 Å². The number of fused-ring (bicyclic) bond motifs is 1. The van der Waals surface area contributed by atoms with Crippen LogP contribution in [0.25, 0.3) is 0 Å². The number of aromatic nitrogens is 2. The third-order valence-electron chi connectivity index (χ3n) is 3.99. The number of hydrogen-bond donors (Lipinski definition) is 2. The molecule has 1 aromatic rings. The summed E-state index contributed by atoms with van der Waals surface area (Å²) >= 11 is 0. The normalized spacial score (nSPS) is 25.8. The summed E-state index contributed by atoms with van der Waals surface area (Å²) in [6, 6.07) is 0.239. The van der Waals surface area contributed by atoms with Crippen LogP contribution in [0.3, 0.4) is 0 Å². The van der Waals surface area contributed by atoms with Gasteiger partial charge in [-0.3, -0.25) is 9.78 Å². The van der Waals surface area contributed by atoms with Crippen LogP contribution < -0.4 is 10.2 Å². The van der Waals surface area contributed by atoms with Crippen molar-refractivity contribution in [2.24, 2.45) is 5.92 Å². The van der Waals surface area contributed by atoms with Crippen LogP contribution in [0.4, 0.5) is 5.82 Å². The predicted molar refractivity (Wildman–Crippen MR) is 70.5 cm³/mol. The van der Waals surface area contributed by atoms with Crippen LogP contribution >= 0.6 is 0 Å². The Hall–Kier alpha value is -2.18. The Morgan fingerprint density at radius 3 is 3.05 bits per heavy atom. The van der Waals surface area contributed by atoms with Gasteiger partial charge in [0.05, 0.1) is 12.4 Å². The first-order valence-corrected chi connectivity index (χ1v) is 6.73. The maximum atomic E-state index is 11.4. The molecule has 20 heavy (non-hydrogen) atoms. The second-order valence-corrected chi connectivity index (χ2v) is 5.28. The molecule has 2 aliphatic heterocycles. The molecule has 2 unspecified atom stereocenters. The molecular formula is C13H16N4O3. The van der Waals surface area contributed by atoms with Crippen molar-refractivity contribution in [2.45, 2.75) is 25.3 Å². The number of carbonyl (C=O) groups excluding carboxylic acids is 1. The van der Waals surface area contributed by atoms with E-state index in [1.54, 1.807) is 6.20 Å². The topological polar surface area (TPSA) is 95.4 Å². The largest absolute Gasteiger partial charge is 0.476 e. The minimum Gasteiger partial charge on any atom is -0.476 e. The van der Waals surface area contributed by atoms with Crippen molar-refractivity contribution in [3.05, 3.63) is 18.1 Å². The van der Waals surface area contributed by atoms with E-state index < -0.39 is 5.97 Å². The van der Waals surface area contributed by atoms with Gasteiger partial charge in [0, 0.05) is 25.6 Å². The number of hydrogen-bond acceptors (Lipinski definition) is 5. The van der Waals surface area contributed by atoms with Gasteiger partial charge in [-0.1, -0.05) is 0 Å². The number of carboxylic acid groups (broad SMARTS) is 1. The standard InChI is InChI=1S/C13H16N4O3/c18-12-2-1-8-7-17(4-3-9(8)16-12)11-6-14-5-10(15-11)13(19)20/h5-6,8-9H,1-4,7H2,(H,16,18)(H,19,20). The maximum absolute atomic E-state index is 11.4. The fraction of sp³-hybridized carbons (Fsp3) is 0.538. The molecule has 0 radical (unpaired) electrons. The first kappa shape index (κ1) is 12.8. The van der Waals surface area contributed by atoms with Crippen molar-refractivity contribution in [3.63, 3.8) is 0 Å². The van der Waals surface area contributed by atoms with Gasteiger partial charge in [-0.2, -0.15) is 0 Å². The number of anilines is 1. The molecule has 0 saturated carbocycles. The van der Waals surface area contributed by atoms with E-state index >= 15 is 0 Å². The van der Waals surface area contributed by atoms with Gasteiger partial charge in [0.1, 0.15) is 5.82 Å². The van der Waals surface area contributed by atoms with E-state index in [-0.39, 0.29) is 17.6 Å². The first-order valence-electron chi connectivity index (χ1n) is 6.73. The van der Waals surface area contributed by atoms with Crippen molar-refractivity contribution >= 4 is 17.7 Å². The number of rotatable bonds is 2.